The van der Waals surface area contributed by atoms with Gasteiger partial charge in [-0.2, -0.15) is 0 Å². The van der Waals surface area contributed by atoms with E-state index >= 15 is 0 Å². The summed E-state index contributed by atoms with van der Waals surface area (Å²) in [5, 5.41) is 5.56. The van der Waals surface area contributed by atoms with Crippen molar-refractivity contribution in [3.63, 3.8) is 0 Å². The summed E-state index contributed by atoms with van der Waals surface area (Å²) in [4.78, 5) is 10.7. The lowest BCUT2D eigenvalue weighted by atomic mass is 10.4. The number of amides is 1. The summed E-state index contributed by atoms with van der Waals surface area (Å²) in [5.74, 6) is -0.0801. The highest BCUT2D eigenvalue weighted by molar-refractivity contribution is 5.87. The van der Waals surface area contributed by atoms with E-state index in [9.17, 15) is 4.79 Å². The number of ether oxygens (including phenoxy) is 1. The van der Waals surface area contributed by atoms with Crippen LogP contribution in [0.1, 0.15) is 0 Å². The summed E-state index contributed by atoms with van der Waals surface area (Å²) < 4.78 is 4.82. The van der Waals surface area contributed by atoms with Crippen molar-refractivity contribution < 1.29 is 9.53 Å². The van der Waals surface area contributed by atoms with Crippen LogP contribution in [0.3, 0.4) is 0 Å². The molecule has 0 aromatic heterocycles. The van der Waals surface area contributed by atoms with Gasteiger partial charge >= 0.3 is 0 Å². The standard InChI is InChI=1S/C8H16N2O2/c1-9-8(11)4-3-5-10-6-7-12-2/h3-4,10H,5-7H2,1-2H3,(H,9,11)/b4-3+. The lowest BCUT2D eigenvalue weighted by Gasteiger charge is -1.98. The predicted molar refractivity (Wildman–Crippen MR) is 48.0 cm³/mol. The largest absolute Gasteiger partial charge is 0.383 e. The van der Waals surface area contributed by atoms with Gasteiger partial charge in [-0.1, -0.05) is 6.08 Å². The van der Waals surface area contributed by atoms with Crippen molar-refractivity contribution >= 4 is 5.91 Å². The van der Waals surface area contributed by atoms with E-state index in [0.29, 0.717) is 13.2 Å². The number of carbonyl (C=O) groups excluding carboxylic acids is 1. The maximum atomic E-state index is 10.7. The smallest absolute Gasteiger partial charge is 0.243 e. The third-order valence-electron chi connectivity index (χ3n) is 1.26. The van der Waals surface area contributed by atoms with Gasteiger partial charge in [0.1, 0.15) is 0 Å². The van der Waals surface area contributed by atoms with Crippen molar-refractivity contribution in [2.75, 3.05) is 33.9 Å². The second-order valence-electron chi connectivity index (χ2n) is 2.21. The van der Waals surface area contributed by atoms with Crippen molar-refractivity contribution in [1.82, 2.24) is 10.6 Å². The molecule has 0 bridgehead atoms. The molecule has 0 fully saturated rings. The van der Waals surface area contributed by atoms with Crippen LogP contribution < -0.4 is 10.6 Å². The second-order valence-corrected chi connectivity index (χ2v) is 2.21. The molecule has 12 heavy (non-hydrogen) atoms. The molecule has 0 spiro atoms. The van der Waals surface area contributed by atoms with Crippen molar-refractivity contribution in [3.05, 3.63) is 12.2 Å². The summed E-state index contributed by atoms with van der Waals surface area (Å²) in [7, 11) is 3.26. The van der Waals surface area contributed by atoms with E-state index in [0.717, 1.165) is 6.54 Å². The Morgan fingerprint density at radius 3 is 2.92 bits per heavy atom. The van der Waals surface area contributed by atoms with Crippen LogP contribution in [0.5, 0.6) is 0 Å². The van der Waals surface area contributed by atoms with Gasteiger partial charge in [-0.05, 0) is 0 Å². The Morgan fingerprint density at radius 2 is 2.33 bits per heavy atom. The second kappa shape index (κ2) is 8.23. The first-order chi connectivity index (χ1) is 5.81. The first kappa shape index (κ1) is 11.1. The number of carbonyl (C=O) groups is 1. The predicted octanol–water partition coefficient (Wildman–Crippen LogP) is -0.475. The minimum absolute atomic E-state index is 0.0801. The molecule has 0 aromatic carbocycles. The molecule has 0 heterocycles. The van der Waals surface area contributed by atoms with Crippen LogP contribution in [0, 0.1) is 0 Å². The average Bonchev–Trinajstić information content (AvgIpc) is 2.10. The Hall–Kier alpha value is -0.870. The Morgan fingerprint density at radius 1 is 1.58 bits per heavy atom. The summed E-state index contributed by atoms with van der Waals surface area (Å²) in [6.07, 6.45) is 3.27. The zero-order chi connectivity index (χ0) is 9.23. The molecule has 0 saturated heterocycles. The molecule has 1 amide bonds. The monoisotopic (exact) mass is 172 g/mol. The van der Waals surface area contributed by atoms with E-state index < -0.39 is 0 Å². The molecule has 0 radical (unpaired) electrons. The van der Waals surface area contributed by atoms with Crippen LogP contribution in [0.4, 0.5) is 0 Å². The minimum Gasteiger partial charge on any atom is -0.383 e. The summed E-state index contributed by atoms with van der Waals surface area (Å²) in [6.45, 7) is 2.18. The van der Waals surface area contributed by atoms with Crippen molar-refractivity contribution in [2.45, 2.75) is 0 Å². The number of methoxy groups -OCH3 is 1. The van der Waals surface area contributed by atoms with Crippen LogP contribution >= 0.6 is 0 Å². The fourth-order valence-corrected chi connectivity index (χ4v) is 0.609. The van der Waals surface area contributed by atoms with Crippen LogP contribution in [-0.4, -0.2) is 39.8 Å². The molecule has 0 saturated carbocycles. The van der Waals surface area contributed by atoms with Gasteiger partial charge in [0, 0.05) is 33.3 Å². The SMILES string of the molecule is CNC(=O)/C=C/CNCCOC. The lowest BCUT2D eigenvalue weighted by molar-refractivity contribution is -0.116. The maximum absolute atomic E-state index is 10.7. The molecule has 0 aliphatic heterocycles. The third-order valence-corrected chi connectivity index (χ3v) is 1.26. The minimum atomic E-state index is -0.0801. The zero-order valence-electron chi connectivity index (χ0n) is 7.59. The van der Waals surface area contributed by atoms with E-state index in [4.69, 9.17) is 4.74 Å². The van der Waals surface area contributed by atoms with Gasteiger partial charge in [-0.15, -0.1) is 0 Å². The molecule has 2 N–H and O–H groups in total. The van der Waals surface area contributed by atoms with Gasteiger partial charge in [0.05, 0.1) is 6.61 Å². The Kier molecular flexibility index (Phi) is 7.63. The zero-order valence-corrected chi connectivity index (χ0v) is 7.59. The van der Waals surface area contributed by atoms with Crippen LogP contribution in [0.2, 0.25) is 0 Å². The quantitative estimate of drug-likeness (QED) is 0.420. The van der Waals surface area contributed by atoms with Crippen molar-refractivity contribution in [1.29, 1.82) is 0 Å². The third kappa shape index (κ3) is 7.24. The van der Waals surface area contributed by atoms with E-state index in [1.807, 2.05) is 0 Å². The molecule has 0 aliphatic carbocycles. The molecule has 4 nitrogen and oxygen atoms in total. The van der Waals surface area contributed by atoms with Gasteiger partial charge in [-0.25, -0.2) is 0 Å². The van der Waals surface area contributed by atoms with Crippen molar-refractivity contribution in [3.8, 4) is 0 Å². The number of rotatable bonds is 6. The molecule has 0 unspecified atom stereocenters. The Bertz CT molecular complexity index is 146. The summed E-state index contributed by atoms with van der Waals surface area (Å²) in [5.41, 5.74) is 0. The molecule has 4 heteroatoms. The van der Waals surface area contributed by atoms with Gasteiger partial charge < -0.3 is 15.4 Å². The highest BCUT2D eigenvalue weighted by Gasteiger charge is 1.86. The normalized spacial score (nSPS) is 10.5. The number of hydrogen-bond acceptors (Lipinski definition) is 3. The number of likely N-dealkylation sites (N-methyl/N-ethyl adjacent to an activating group) is 1. The summed E-state index contributed by atoms with van der Waals surface area (Å²) >= 11 is 0. The first-order valence-electron chi connectivity index (χ1n) is 3.89. The highest BCUT2D eigenvalue weighted by Crippen LogP contribution is 1.71. The van der Waals surface area contributed by atoms with E-state index in [1.165, 1.54) is 6.08 Å². The van der Waals surface area contributed by atoms with Crippen molar-refractivity contribution in [2.24, 2.45) is 0 Å². The van der Waals surface area contributed by atoms with Gasteiger partial charge in [-0.3, -0.25) is 4.79 Å². The first-order valence-corrected chi connectivity index (χ1v) is 3.89. The van der Waals surface area contributed by atoms with Gasteiger partial charge in [0.15, 0.2) is 0 Å². The highest BCUT2D eigenvalue weighted by atomic mass is 16.5. The molecular weight excluding hydrogens is 156 g/mol. The Labute approximate surface area is 73.0 Å². The molecule has 0 atom stereocenters. The topological polar surface area (TPSA) is 50.4 Å². The molecule has 0 aliphatic rings. The lowest BCUT2D eigenvalue weighted by Crippen LogP contribution is -2.20. The summed E-state index contributed by atoms with van der Waals surface area (Å²) in [6, 6.07) is 0. The molecule has 70 valence electrons. The average molecular weight is 172 g/mol. The van der Waals surface area contributed by atoms with E-state index in [-0.39, 0.29) is 5.91 Å². The fraction of sp³-hybridized carbons (Fsp3) is 0.625. The number of hydrogen-bond donors (Lipinski definition) is 2. The van der Waals surface area contributed by atoms with E-state index in [2.05, 4.69) is 10.6 Å². The molecule has 0 rings (SSSR count). The number of nitrogens with one attached hydrogen (secondary N) is 2. The van der Waals surface area contributed by atoms with Crippen LogP contribution in [-0.2, 0) is 9.53 Å². The maximum Gasteiger partial charge on any atom is 0.243 e. The molecular formula is C8H16N2O2. The van der Waals surface area contributed by atoms with E-state index in [1.54, 1.807) is 20.2 Å². The van der Waals surface area contributed by atoms with Crippen LogP contribution in [0.25, 0.3) is 0 Å². The van der Waals surface area contributed by atoms with Gasteiger partial charge in [0.2, 0.25) is 5.91 Å². The molecule has 0 aromatic rings. The van der Waals surface area contributed by atoms with Gasteiger partial charge in [0.25, 0.3) is 0 Å². The Balaban J connectivity index is 3.18. The van der Waals surface area contributed by atoms with Crippen LogP contribution in [0.15, 0.2) is 12.2 Å². The fourth-order valence-electron chi connectivity index (χ4n) is 0.609.